The molecule has 1 atom stereocenters. The smallest absolute Gasteiger partial charge is 0.257 e. The molecule has 0 fully saturated rings. The second-order valence-corrected chi connectivity index (χ2v) is 6.43. The van der Waals surface area contributed by atoms with Gasteiger partial charge in [-0.15, -0.1) is 0 Å². The molecule has 4 N–H and O–H groups in total. The Kier molecular flexibility index (Phi) is 9.84. The lowest BCUT2D eigenvalue weighted by atomic mass is 9.99. The second kappa shape index (κ2) is 11.7. The molecule has 0 aromatic heterocycles. The highest BCUT2D eigenvalue weighted by atomic mass is 32.1. The molecule has 0 radical (unpaired) electrons. The van der Waals surface area contributed by atoms with Crippen LogP contribution >= 0.6 is 12.2 Å². The average molecular weight is 351 g/mol. The lowest BCUT2D eigenvalue weighted by Gasteiger charge is -2.17. The summed E-state index contributed by atoms with van der Waals surface area (Å²) in [5, 5.41) is 6.68. The number of unbranched alkanes of at least 4 members (excludes halogenated alkanes) is 1. The van der Waals surface area contributed by atoms with Crippen molar-refractivity contribution in [3.63, 3.8) is 0 Å². The third-order valence-corrected chi connectivity index (χ3v) is 4.16. The van der Waals surface area contributed by atoms with Crippen LogP contribution in [0.3, 0.4) is 0 Å². The van der Waals surface area contributed by atoms with Gasteiger partial charge in [0, 0.05) is 12.2 Å². The number of amides is 1. The number of anilines is 1. The van der Waals surface area contributed by atoms with Crippen LogP contribution < -0.4 is 21.5 Å². The SMILES string of the molecule is CCCC[C@H](CC)CNC(=S)NNC(=O)CNc1ccc(C)cc1. The van der Waals surface area contributed by atoms with Gasteiger partial charge in [0.25, 0.3) is 5.91 Å². The van der Waals surface area contributed by atoms with E-state index in [1.54, 1.807) is 0 Å². The molecule has 0 aliphatic heterocycles. The Morgan fingerprint density at radius 3 is 2.50 bits per heavy atom. The first kappa shape index (κ1) is 20.2. The molecular weight excluding hydrogens is 320 g/mol. The number of hydrazine groups is 1. The fourth-order valence-corrected chi connectivity index (χ4v) is 2.38. The van der Waals surface area contributed by atoms with Crippen LogP contribution in [0.15, 0.2) is 24.3 Å². The minimum absolute atomic E-state index is 0.169. The van der Waals surface area contributed by atoms with Crippen LogP contribution in [0, 0.1) is 12.8 Å². The van der Waals surface area contributed by atoms with E-state index in [1.807, 2.05) is 31.2 Å². The Hall–Kier alpha value is -1.82. The number of thiocarbonyl (C=S) groups is 1. The van der Waals surface area contributed by atoms with Gasteiger partial charge in [-0.3, -0.25) is 15.6 Å². The van der Waals surface area contributed by atoms with Crippen LogP contribution in [0.1, 0.15) is 45.1 Å². The van der Waals surface area contributed by atoms with E-state index in [9.17, 15) is 4.79 Å². The summed E-state index contributed by atoms with van der Waals surface area (Å²) >= 11 is 5.19. The van der Waals surface area contributed by atoms with E-state index in [-0.39, 0.29) is 12.5 Å². The summed E-state index contributed by atoms with van der Waals surface area (Å²) in [6.07, 6.45) is 4.78. The summed E-state index contributed by atoms with van der Waals surface area (Å²) in [7, 11) is 0. The van der Waals surface area contributed by atoms with Gasteiger partial charge in [-0.25, -0.2) is 0 Å². The third-order valence-electron chi connectivity index (χ3n) is 3.91. The molecule has 0 aliphatic carbocycles. The van der Waals surface area contributed by atoms with Crippen LogP contribution in [-0.2, 0) is 4.79 Å². The molecular formula is C18H30N4OS. The Bertz CT molecular complexity index is 504. The molecule has 5 nitrogen and oxygen atoms in total. The first-order valence-electron chi connectivity index (χ1n) is 8.68. The van der Waals surface area contributed by atoms with Crippen molar-refractivity contribution in [2.75, 3.05) is 18.4 Å². The molecule has 6 heteroatoms. The molecule has 1 aromatic carbocycles. The quantitative estimate of drug-likeness (QED) is 0.407. The van der Waals surface area contributed by atoms with Crippen molar-refractivity contribution in [3.05, 3.63) is 29.8 Å². The summed E-state index contributed by atoms with van der Waals surface area (Å²) in [6.45, 7) is 7.44. The van der Waals surface area contributed by atoms with Crippen molar-refractivity contribution in [1.82, 2.24) is 16.2 Å². The van der Waals surface area contributed by atoms with Crippen molar-refractivity contribution in [2.24, 2.45) is 5.92 Å². The first-order chi connectivity index (χ1) is 11.5. The highest BCUT2D eigenvalue weighted by Crippen LogP contribution is 2.11. The number of hydrogen-bond donors (Lipinski definition) is 4. The van der Waals surface area contributed by atoms with Gasteiger partial charge in [0.2, 0.25) is 0 Å². The first-order valence-corrected chi connectivity index (χ1v) is 9.09. The number of aryl methyl sites for hydroxylation is 1. The van der Waals surface area contributed by atoms with Crippen LogP contribution in [0.4, 0.5) is 5.69 Å². The van der Waals surface area contributed by atoms with Crippen LogP contribution in [0.5, 0.6) is 0 Å². The normalized spacial score (nSPS) is 11.5. The maximum atomic E-state index is 11.8. The number of carbonyl (C=O) groups is 1. The third kappa shape index (κ3) is 8.72. The zero-order valence-corrected chi connectivity index (χ0v) is 15.8. The van der Waals surface area contributed by atoms with Gasteiger partial charge in [-0.05, 0) is 43.6 Å². The number of carbonyl (C=O) groups excluding carboxylic acids is 1. The monoisotopic (exact) mass is 350 g/mol. The fraction of sp³-hybridized carbons (Fsp3) is 0.556. The Balaban J connectivity index is 2.18. The van der Waals surface area contributed by atoms with Crippen molar-refractivity contribution < 1.29 is 4.79 Å². The molecule has 0 bridgehead atoms. The zero-order valence-electron chi connectivity index (χ0n) is 14.9. The summed E-state index contributed by atoms with van der Waals surface area (Å²) in [6, 6.07) is 7.90. The maximum absolute atomic E-state index is 11.8. The van der Waals surface area contributed by atoms with Gasteiger partial charge in [-0.2, -0.15) is 0 Å². The second-order valence-electron chi connectivity index (χ2n) is 6.02. The number of hydrogen-bond acceptors (Lipinski definition) is 3. The van der Waals surface area contributed by atoms with E-state index >= 15 is 0 Å². The standard InChI is InChI=1S/C18H30N4OS/c1-4-6-7-15(5-2)12-20-18(24)22-21-17(23)13-19-16-10-8-14(3)9-11-16/h8-11,15,19H,4-7,12-13H2,1-3H3,(H,21,23)(H2,20,22,24)/t15-/m0/s1. The van der Waals surface area contributed by atoms with Crippen LogP contribution in [-0.4, -0.2) is 24.1 Å². The molecule has 1 rings (SSSR count). The lowest BCUT2D eigenvalue weighted by Crippen LogP contribution is -2.49. The van der Waals surface area contributed by atoms with Crippen molar-refractivity contribution in [3.8, 4) is 0 Å². The van der Waals surface area contributed by atoms with Gasteiger partial charge in [0.05, 0.1) is 6.54 Å². The van der Waals surface area contributed by atoms with Gasteiger partial charge >= 0.3 is 0 Å². The molecule has 0 heterocycles. The van der Waals surface area contributed by atoms with Gasteiger partial charge in [-0.1, -0.05) is 50.8 Å². The predicted molar refractivity (Wildman–Crippen MR) is 105 cm³/mol. The van der Waals surface area contributed by atoms with Crippen LogP contribution in [0.2, 0.25) is 0 Å². The van der Waals surface area contributed by atoms with Gasteiger partial charge < -0.3 is 10.6 Å². The van der Waals surface area contributed by atoms with Crippen LogP contribution in [0.25, 0.3) is 0 Å². The number of benzene rings is 1. The largest absolute Gasteiger partial charge is 0.376 e. The number of nitrogens with one attached hydrogen (secondary N) is 4. The minimum Gasteiger partial charge on any atom is -0.376 e. The molecule has 0 saturated carbocycles. The Morgan fingerprint density at radius 2 is 1.88 bits per heavy atom. The molecule has 0 saturated heterocycles. The average Bonchev–Trinajstić information content (AvgIpc) is 2.59. The predicted octanol–water partition coefficient (Wildman–Crippen LogP) is 3.12. The molecule has 1 aromatic rings. The summed E-state index contributed by atoms with van der Waals surface area (Å²) in [5.74, 6) is 0.446. The maximum Gasteiger partial charge on any atom is 0.257 e. The molecule has 1 amide bonds. The topological polar surface area (TPSA) is 65.2 Å². The summed E-state index contributed by atoms with van der Waals surface area (Å²) in [5.41, 5.74) is 7.44. The molecule has 134 valence electrons. The van der Waals surface area contributed by atoms with Gasteiger partial charge in [0.1, 0.15) is 0 Å². The van der Waals surface area contributed by atoms with Gasteiger partial charge in [0.15, 0.2) is 5.11 Å². The van der Waals surface area contributed by atoms with Crippen molar-refractivity contribution in [1.29, 1.82) is 0 Å². The lowest BCUT2D eigenvalue weighted by molar-refractivity contribution is -0.119. The van der Waals surface area contributed by atoms with E-state index < -0.39 is 0 Å². The molecule has 0 spiro atoms. The van der Waals surface area contributed by atoms with E-state index in [4.69, 9.17) is 12.2 Å². The van der Waals surface area contributed by atoms with E-state index in [0.717, 1.165) is 18.7 Å². The molecule has 0 unspecified atom stereocenters. The highest BCUT2D eigenvalue weighted by Gasteiger charge is 2.07. The van der Waals surface area contributed by atoms with E-state index in [2.05, 4.69) is 35.3 Å². The zero-order chi connectivity index (χ0) is 17.8. The van der Waals surface area contributed by atoms with E-state index in [0.29, 0.717) is 11.0 Å². The highest BCUT2D eigenvalue weighted by molar-refractivity contribution is 7.80. The fourth-order valence-electron chi connectivity index (χ4n) is 2.25. The number of rotatable bonds is 9. The summed E-state index contributed by atoms with van der Waals surface area (Å²) in [4.78, 5) is 11.8. The molecule has 24 heavy (non-hydrogen) atoms. The molecule has 0 aliphatic rings. The summed E-state index contributed by atoms with van der Waals surface area (Å²) < 4.78 is 0. The van der Waals surface area contributed by atoms with Crippen molar-refractivity contribution in [2.45, 2.75) is 46.5 Å². The Morgan fingerprint density at radius 1 is 1.17 bits per heavy atom. The minimum atomic E-state index is -0.169. The Labute approximate surface area is 151 Å². The van der Waals surface area contributed by atoms with Crippen molar-refractivity contribution >= 4 is 28.9 Å². The van der Waals surface area contributed by atoms with E-state index in [1.165, 1.54) is 24.8 Å².